The zero-order valence-corrected chi connectivity index (χ0v) is 18.3. The third kappa shape index (κ3) is 5.99. The van der Waals surface area contributed by atoms with E-state index in [0.717, 1.165) is 32.1 Å². The number of carbonyl (C=O) groups is 2. The minimum Gasteiger partial charge on any atom is -0.457 e. The lowest BCUT2D eigenvalue weighted by atomic mass is 9.59. The Balaban J connectivity index is 2.76. The highest BCUT2D eigenvalue weighted by Gasteiger charge is 2.49. The lowest BCUT2D eigenvalue weighted by molar-refractivity contribution is -0.179. The van der Waals surface area contributed by atoms with E-state index in [1.54, 1.807) is 0 Å². The van der Waals surface area contributed by atoms with Crippen LogP contribution in [0.15, 0.2) is 0 Å². The summed E-state index contributed by atoms with van der Waals surface area (Å²) in [4.78, 5) is 25.2. The standard InChI is InChI=1S/C22H40O4/c1-9-20(5,6)22(8,16-19(2,3)4)18(24)25-15-17(23)26-21(7)13-11-10-12-14-21/h9-16H2,1-8H3. The monoisotopic (exact) mass is 368 g/mol. The van der Waals surface area contributed by atoms with Crippen molar-refractivity contribution in [3.8, 4) is 0 Å². The van der Waals surface area contributed by atoms with Gasteiger partial charge in [-0.25, -0.2) is 4.79 Å². The van der Waals surface area contributed by atoms with Gasteiger partial charge < -0.3 is 9.47 Å². The lowest BCUT2D eigenvalue weighted by Crippen LogP contribution is -2.46. The zero-order chi connectivity index (χ0) is 20.2. The predicted molar refractivity (Wildman–Crippen MR) is 105 cm³/mol. The van der Waals surface area contributed by atoms with Gasteiger partial charge >= 0.3 is 11.9 Å². The maximum atomic E-state index is 13.0. The average molecular weight is 369 g/mol. The lowest BCUT2D eigenvalue weighted by Gasteiger charge is -2.45. The van der Waals surface area contributed by atoms with Crippen LogP contribution >= 0.6 is 0 Å². The molecule has 0 radical (unpaired) electrons. The third-order valence-corrected chi connectivity index (χ3v) is 6.30. The summed E-state index contributed by atoms with van der Waals surface area (Å²) in [5, 5.41) is 0. The number of esters is 2. The first-order valence-corrected chi connectivity index (χ1v) is 10.1. The molecule has 1 unspecified atom stereocenters. The van der Waals surface area contributed by atoms with Gasteiger partial charge in [0.2, 0.25) is 0 Å². The van der Waals surface area contributed by atoms with Crippen molar-refractivity contribution in [3.05, 3.63) is 0 Å². The van der Waals surface area contributed by atoms with Crippen molar-refractivity contribution in [1.82, 2.24) is 0 Å². The molecule has 0 spiro atoms. The molecular formula is C22H40O4. The van der Waals surface area contributed by atoms with Gasteiger partial charge in [-0.05, 0) is 63.2 Å². The molecule has 1 rings (SSSR count). The quantitative estimate of drug-likeness (QED) is 0.543. The van der Waals surface area contributed by atoms with Crippen LogP contribution in [0.1, 0.15) is 100 Å². The molecule has 1 aliphatic rings. The van der Waals surface area contributed by atoms with Gasteiger partial charge in [-0.15, -0.1) is 0 Å². The van der Waals surface area contributed by atoms with E-state index >= 15 is 0 Å². The van der Waals surface area contributed by atoms with E-state index in [1.165, 1.54) is 6.42 Å². The van der Waals surface area contributed by atoms with Gasteiger partial charge in [0.05, 0.1) is 5.41 Å². The van der Waals surface area contributed by atoms with E-state index < -0.39 is 17.0 Å². The Morgan fingerprint density at radius 3 is 1.96 bits per heavy atom. The molecule has 0 N–H and O–H groups in total. The van der Waals surface area contributed by atoms with Gasteiger partial charge in [0.25, 0.3) is 0 Å². The Kier molecular flexibility index (Phi) is 7.34. The Bertz CT molecular complexity index is 495. The van der Waals surface area contributed by atoms with Gasteiger partial charge in [0.1, 0.15) is 5.60 Å². The second kappa shape index (κ2) is 8.31. The van der Waals surface area contributed by atoms with Crippen LogP contribution in [-0.2, 0) is 19.1 Å². The summed E-state index contributed by atoms with van der Waals surface area (Å²) in [7, 11) is 0. The fourth-order valence-corrected chi connectivity index (χ4v) is 4.03. The molecule has 152 valence electrons. The fraction of sp³-hybridized carbons (Fsp3) is 0.909. The van der Waals surface area contributed by atoms with Crippen LogP contribution in [0.2, 0.25) is 0 Å². The summed E-state index contributed by atoms with van der Waals surface area (Å²) in [6.07, 6.45) is 6.69. The Labute approximate surface area is 160 Å². The molecule has 0 heterocycles. The minimum atomic E-state index is -0.658. The Hall–Kier alpha value is -1.06. The summed E-state index contributed by atoms with van der Waals surface area (Å²) in [6, 6.07) is 0. The third-order valence-electron chi connectivity index (χ3n) is 6.30. The molecule has 0 aliphatic heterocycles. The van der Waals surface area contributed by atoms with Crippen molar-refractivity contribution < 1.29 is 19.1 Å². The summed E-state index contributed by atoms with van der Waals surface area (Å²) in [5.74, 6) is -0.736. The van der Waals surface area contributed by atoms with Crippen LogP contribution < -0.4 is 0 Å². The summed E-state index contributed by atoms with van der Waals surface area (Å²) in [6.45, 7) is 16.3. The van der Waals surface area contributed by atoms with Gasteiger partial charge in [-0.3, -0.25) is 4.79 Å². The highest BCUT2D eigenvalue weighted by molar-refractivity contribution is 5.81. The highest BCUT2D eigenvalue weighted by Crippen LogP contribution is 2.49. The maximum Gasteiger partial charge on any atom is 0.344 e. The normalized spacial score (nSPS) is 20.2. The topological polar surface area (TPSA) is 52.6 Å². The van der Waals surface area contributed by atoms with Crippen LogP contribution in [0.4, 0.5) is 0 Å². The molecule has 0 aromatic heterocycles. The maximum absolute atomic E-state index is 13.0. The largest absolute Gasteiger partial charge is 0.457 e. The van der Waals surface area contributed by atoms with Crippen LogP contribution in [0.3, 0.4) is 0 Å². The average Bonchev–Trinajstić information content (AvgIpc) is 2.50. The van der Waals surface area contributed by atoms with Crippen LogP contribution in [0.25, 0.3) is 0 Å². The van der Waals surface area contributed by atoms with Gasteiger partial charge in [-0.1, -0.05) is 48.0 Å². The Morgan fingerprint density at radius 2 is 1.50 bits per heavy atom. The van der Waals surface area contributed by atoms with Crippen LogP contribution in [0.5, 0.6) is 0 Å². The van der Waals surface area contributed by atoms with Crippen LogP contribution in [-0.4, -0.2) is 24.1 Å². The van der Waals surface area contributed by atoms with Crippen molar-refractivity contribution in [1.29, 1.82) is 0 Å². The van der Waals surface area contributed by atoms with Crippen LogP contribution in [0, 0.1) is 16.2 Å². The summed E-state index contributed by atoms with van der Waals surface area (Å²) >= 11 is 0. The predicted octanol–water partition coefficient (Wildman–Crippen LogP) is 5.67. The van der Waals surface area contributed by atoms with Crippen molar-refractivity contribution in [3.63, 3.8) is 0 Å². The molecule has 0 aromatic carbocycles. The smallest absolute Gasteiger partial charge is 0.344 e. The highest BCUT2D eigenvalue weighted by atomic mass is 16.6. The van der Waals surface area contributed by atoms with Crippen molar-refractivity contribution in [2.24, 2.45) is 16.2 Å². The first kappa shape index (κ1) is 23.0. The molecule has 4 nitrogen and oxygen atoms in total. The summed E-state index contributed by atoms with van der Waals surface area (Å²) in [5.41, 5.74) is -1.30. The minimum absolute atomic E-state index is 0.0176. The number of hydrogen-bond acceptors (Lipinski definition) is 4. The molecule has 1 fully saturated rings. The molecular weight excluding hydrogens is 328 g/mol. The van der Waals surface area contributed by atoms with E-state index in [1.807, 2.05) is 13.8 Å². The molecule has 1 atom stereocenters. The van der Waals surface area contributed by atoms with E-state index in [4.69, 9.17) is 9.47 Å². The zero-order valence-electron chi connectivity index (χ0n) is 18.3. The molecule has 4 heteroatoms. The van der Waals surface area contributed by atoms with Gasteiger partial charge in [0, 0.05) is 0 Å². The van der Waals surface area contributed by atoms with E-state index in [2.05, 4.69) is 41.5 Å². The molecule has 1 aliphatic carbocycles. The first-order chi connectivity index (χ1) is 11.7. The molecule has 0 bridgehead atoms. The molecule has 0 aromatic rings. The fourth-order valence-electron chi connectivity index (χ4n) is 4.03. The molecule has 0 saturated heterocycles. The van der Waals surface area contributed by atoms with E-state index in [-0.39, 0.29) is 23.4 Å². The molecule has 26 heavy (non-hydrogen) atoms. The second-order valence-electron chi connectivity index (χ2n) is 10.4. The number of ether oxygens (including phenoxy) is 2. The SMILES string of the molecule is CCC(C)(C)C(C)(CC(C)(C)C)C(=O)OCC(=O)OC1(C)CCCCC1. The van der Waals surface area contributed by atoms with Gasteiger partial charge in [-0.2, -0.15) is 0 Å². The van der Waals surface area contributed by atoms with E-state index in [9.17, 15) is 9.59 Å². The second-order valence-corrected chi connectivity index (χ2v) is 10.4. The number of hydrogen-bond donors (Lipinski definition) is 0. The summed E-state index contributed by atoms with van der Waals surface area (Å²) < 4.78 is 11.1. The number of carbonyl (C=O) groups excluding carboxylic acids is 2. The molecule has 0 amide bonds. The first-order valence-electron chi connectivity index (χ1n) is 10.1. The Morgan fingerprint density at radius 1 is 0.962 bits per heavy atom. The molecule has 1 saturated carbocycles. The van der Waals surface area contributed by atoms with Crippen molar-refractivity contribution >= 4 is 11.9 Å². The van der Waals surface area contributed by atoms with Crippen molar-refractivity contribution in [2.75, 3.05) is 6.61 Å². The van der Waals surface area contributed by atoms with Gasteiger partial charge in [0.15, 0.2) is 6.61 Å². The van der Waals surface area contributed by atoms with Crippen molar-refractivity contribution in [2.45, 2.75) is 106 Å². The number of rotatable bonds is 7. The van der Waals surface area contributed by atoms with E-state index in [0.29, 0.717) is 6.42 Å².